The largest absolute Gasteiger partial charge is 0.479 e. The molecule has 0 aliphatic carbocycles. The van der Waals surface area contributed by atoms with Crippen molar-refractivity contribution in [1.82, 2.24) is 14.2 Å². The molecule has 6 rings (SSSR count). The maximum Gasteiger partial charge on any atom is 0.397 e. The van der Waals surface area contributed by atoms with E-state index in [4.69, 9.17) is 56.7 Å². The zero-order valence-corrected chi connectivity index (χ0v) is 53.0. The van der Waals surface area contributed by atoms with E-state index in [-0.39, 0.29) is 0 Å². The molecule has 6 heterocycles. The maximum atomic E-state index is 13.0. The first-order valence-corrected chi connectivity index (χ1v) is 35.8. The molecule has 6 fully saturated rings. The summed E-state index contributed by atoms with van der Waals surface area (Å²) in [6, 6.07) is -8.50. The van der Waals surface area contributed by atoms with Crippen LogP contribution >= 0.6 is 0 Å². The quantitative estimate of drug-likeness (QED) is 0.0297. The minimum absolute atomic E-state index is 1.15. The fourth-order valence-corrected chi connectivity index (χ4v) is 13.5. The molecular weight excluding hydrogens is 1530 g/mol. The molecule has 0 aromatic rings. The van der Waals surface area contributed by atoms with Crippen LogP contribution in [0.1, 0.15) is 0 Å². The summed E-state index contributed by atoms with van der Waals surface area (Å²) >= 11 is 0. The Kier molecular flexibility index (Phi) is 27.3. The first-order chi connectivity index (χ1) is 44.6. The van der Waals surface area contributed by atoms with Crippen LogP contribution in [-0.2, 0) is 156 Å². The lowest BCUT2D eigenvalue weighted by atomic mass is 9.94. The van der Waals surface area contributed by atoms with E-state index in [1.807, 2.05) is 0 Å². The van der Waals surface area contributed by atoms with Gasteiger partial charge in [0.2, 0.25) is 0 Å². The van der Waals surface area contributed by atoms with Crippen LogP contribution in [0.5, 0.6) is 0 Å². The van der Waals surface area contributed by atoms with E-state index in [0.29, 0.717) is 0 Å². The number of hydrogen-bond donors (Lipinski definition) is 23. The maximum absolute atomic E-state index is 13.0. The number of carboxylic acid groups (broad SMARTS) is 3. The van der Waals surface area contributed by atoms with Gasteiger partial charge < -0.3 is 118 Å². The predicted octanol–water partition coefficient (Wildman–Crippen LogP) is -16.3. The van der Waals surface area contributed by atoms with Gasteiger partial charge in [0.15, 0.2) is 62.2 Å². The Morgan fingerprint density at radius 2 is 0.684 bits per heavy atom. The number of carbonyl (C=O) groups is 3. The van der Waals surface area contributed by atoms with Crippen LogP contribution in [0.4, 0.5) is 0 Å². The first-order valence-electron chi connectivity index (χ1n) is 26.0. The monoisotopic (exact) mass is 1590 g/mol. The molecule has 572 valence electrons. The number of aliphatic carboxylic acids is 3. The number of carboxylic acids is 3. The molecule has 6 saturated heterocycles. The van der Waals surface area contributed by atoms with Crippen molar-refractivity contribution in [3.63, 3.8) is 0 Å². The number of aliphatic hydroxyl groups excluding tert-OH is 10. The molecule has 55 nitrogen and oxygen atoms in total. The Bertz CT molecular complexity index is 3630. The summed E-state index contributed by atoms with van der Waals surface area (Å²) in [5.74, 6) is -6.96. The van der Waals surface area contributed by atoms with Crippen LogP contribution in [0.15, 0.2) is 0 Å². The van der Waals surface area contributed by atoms with Crippen molar-refractivity contribution in [2.45, 2.75) is 184 Å². The summed E-state index contributed by atoms with van der Waals surface area (Å²) in [5.41, 5.74) is 0. The average molecular weight is 1590 g/mol. The molecule has 0 aromatic heterocycles. The Labute approximate surface area is 546 Å². The predicted molar refractivity (Wildman–Crippen MR) is 280 cm³/mol. The fraction of sp³-hybridized carbons (Fsp3) is 0.917. The van der Waals surface area contributed by atoms with Gasteiger partial charge in [0.1, 0.15) is 122 Å². The Morgan fingerprint density at radius 3 is 1.13 bits per heavy atom. The molecular formula is C36H59N3O52S7. The second-order valence-corrected chi connectivity index (χ2v) is 28.6. The minimum atomic E-state index is -6.28. The van der Waals surface area contributed by atoms with Crippen LogP contribution in [-0.4, -0.2) is 379 Å². The third-order valence-corrected chi connectivity index (χ3v) is 17.6. The summed E-state index contributed by atoms with van der Waals surface area (Å²) in [4.78, 5) is 37.7. The molecule has 0 saturated carbocycles. The van der Waals surface area contributed by atoms with Crippen LogP contribution in [0.2, 0.25) is 0 Å². The van der Waals surface area contributed by atoms with Crippen molar-refractivity contribution in [3.05, 3.63) is 0 Å². The van der Waals surface area contributed by atoms with E-state index in [1.54, 1.807) is 0 Å². The van der Waals surface area contributed by atoms with E-state index in [1.165, 1.54) is 9.44 Å². The van der Waals surface area contributed by atoms with Crippen molar-refractivity contribution in [1.29, 1.82) is 0 Å². The number of rotatable bonds is 30. The van der Waals surface area contributed by atoms with Gasteiger partial charge in [-0.1, -0.05) is 0 Å². The van der Waals surface area contributed by atoms with Crippen molar-refractivity contribution in [2.24, 2.45) is 0 Å². The van der Waals surface area contributed by atoms with Crippen LogP contribution in [0, 0.1) is 0 Å². The standard InChI is InChI=1S/C36H59N3O52S7/c40-1-4-20(84-35-16(47)14(45)22(26(88-35)29(51)52)85-32-8(38-93(59,60)61)11(42)19(6(81-32)3-78-96(68,69)70)82-34-15(46)12(43)13(44)24(87-34)28(49)50)21(90-97(71,72)73)9(39-94(62,63)64)33(80-4)86-23-17(48)25(91-98(74,75)76)36(89-27(23)30(53)54)83-18-5(2-77-95(65,66)67)79-31(55)7(10(18)41)37-92(56,57)58/h4-27,31-48,55H,1-3H2,(H,49,50)(H,51,52)(H,53,54)(H,56,57,58)(H,59,60,61)(H,62,63,64)(H,65,66,67)(H,68,69,70)(H,71,72,73)(H,74,75,76)/t4-,5-,6-,7-,8-,9-,10-,11-,12+,13+,14-,15-,16-,17+,18-,19-,20-,21-,22+,23+,24+,25-,26+,27-,31-,32+,33+,34+,35+,36-/m1/s1. The van der Waals surface area contributed by atoms with Crippen molar-refractivity contribution >= 4 is 90.4 Å². The summed E-state index contributed by atoms with van der Waals surface area (Å²) in [6.45, 7) is -5.10. The van der Waals surface area contributed by atoms with E-state index in [9.17, 15) is 167 Å². The van der Waals surface area contributed by atoms with Gasteiger partial charge in [0.05, 0.1) is 19.8 Å². The lowest BCUT2D eigenvalue weighted by Gasteiger charge is -2.50. The molecule has 0 aromatic carbocycles. The van der Waals surface area contributed by atoms with Gasteiger partial charge >= 0.3 is 90.4 Å². The normalized spacial score (nSPS) is 41.3. The Morgan fingerprint density at radius 1 is 0.327 bits per heavy atom. The third kappa shape index (κ3) is 22.1. The summed E-state index contributed by atoms with van der Waals surface area (Å²) in [5, 5.41) is 140. The topological polar surface area (TPSA) is 869 Å². The fourth-order valence-electron chi connectivity index (χ4n) is 10.1. The highest BCUT2D eigenvalue weighted by atomic mass is 32.3. The van der Waals surface area contributed by atoms with Gasteiger partial charge in [-0.05, 0) is 0 Å². The lowest BCUT2D eigenvalue weighted by Crippen LogP contribution is -2.71. The first kappa shape index (κ1) is 83.6. The molecule has 0 radical (unpaired) electrons. The van der Waals surface area contributed by atoms with Gasteiger partial charge in [-0.25, -0.2) is 31.1 Å². The van der Waals surface area contributed by atoms with E-state index < -0.39 is 294 Å². The molecule has 0 unspecified atom stereocenters. The number of ether oxygens (including phenoxy) is 11. The van der Waals surface area contributed by atoms with Gasteiger partial charge in [0, 0.05) is 0 Å². The molecule has 98 heavy (non-hydrogen) atoms. The number of aliphatic hydroxyl groups is 10. The van der Waals surface area contributed by atoms with Gasteiger partial charge in [-0.3, -0.25) is 31.9 Å². The molecule has 30 atom stereocenters. The SMILES string of the molecule is O=C(O)[C@H]1O[C@H](O[C@H]2[C@H](O)[C@@H](NS(=O)(=O)O)[C@H](O[C@H]3[C@H](O)[C@@H](O)[C@@H](O[C@H]4[C@H](OS(=O)(=O)O)[C@@H](NS(=O)(=O)O)[C@H](O[C@H]5[C@H](O)[C@@H](OS(=O)(=O)O)[C@H](O[C@H]6[C@H](O)[C@@H](NS(=O)(=O)O)[C@H](O)O[C@@H]6COS(=O)(=O)O)O[C@H]5C(=O)O)O[C@@H]4CO)O[C@@H]3C(=O)O)O[C@@H]2COS(=O)(=O)O)[C@H](O)[C@@H](O)[C@@H]1O. The number of nitrogens with one attached hydrogen (secondary N) is 3. The lowest BCUT2D eigenvalue weighted by molar-refractivity contribution is -0.376. The summed E-state index contributed by atoms with van der Waals surface area (Å²) in [6.07, 6.45) is -76.8. The average Bonchev–Trinajstić information content (AvgIpc) is 0.763. The van der Waals surface area contributed by atoms with Crippen LogP contribution < -0.4 is 14.2 Å². The highest BCUT2D eigenvalue weighted by Gasteiger charge is 2.62. The molecule has 0 amide bonds. The van der Waals surface area contributed by atoms with E-state index in [2.05, 4.69) is 16.7 Å². The number of hydrogen-bond acceptors (Lipinski definition) is 42. The Balaban J connectivity index is 1.35. The smallest absolute Gasteiger partial charge is 0.397 e. The van der Waals surface area contributed by atoms with E-state index in [0.717, 1.165) is 4.72 Å². The molecule has 6 aliphatic rings. The van der Waals surface area contributed by atoms with Gasteiger partial charge in [-0.2, -0.15) is 73.1 Å². The van der Waals surface area contributed by atoms with Gasteiger partial charge in [0.25, 0.3) is 0 Å². The van der Waals surface area contributed by atoms with Gasteiger partial charge in [-0.15, -0.1) is 0 Å². The zero-order chi connectivity index (χ0) is 74.4. The Hall–Kier alpha value is -3.34. The molecule has 0 bridgehead atoms. The van der Waals surface area contributed by atoms with Crippen LogP contribution in [0.25, 0.3) is 0 Å². The molecule has 6 aliphatic heterocycles. The van der Waals surface area contributed by atoms with Crippen molar-refractivity contribution in [2.75, 3.05) is 19.8 Å². The zero-order valence-electron chi connectivity index (χ0n) is 47.3. The second-order valence-electron chi connectivity index (χ2n) is 20.8. The second kappa shape index (κ2) is 31.9. The highest BCUT2D eigenvalue weighted by Crippen LogP contribution is 2.39. The summed E-state index contributed by atoms with van der Waals surface area (Å²) < 4.78 is 316. The van der Waals surface area contributed by atoms with Crippen LogP contribution in [0.3, 0.4) is 0 Å². The highest BCUT2D eigenvalue weighted by molar-refractivity contribution is 7.84. The minimum Gasteiger partial charge on any atom is -0.479 e. The van der Waals surface area contributed by atoms with Crippen molar-refractivity contribution in [3.8, 4) is 0 Å². The molecule has 23 N–H and O–H groups in total. The summed E-state index contributed by atoms with van der Waals surface area (Å²) in [7, 11) is -41.0. The molecule has 62 heteroatoms. The third-order valence-electron chi connectivity index (χ3n) is 14.1. The van der Waals surface area contributed by atoms with E-state index >= 15 is 0 Å². The van der Waals surface area contributed by atoms with Crippen molar-refractivity contribution < 1.29 is 240 Å². The molecule has 0 spiro atoms.